The van der Waals surface area contributed by atoms with Crippen LogP contribution in [-0.2, 0) is 21.1 Å². The van der Waals surface area contributed by atoms with Crippen molar-refractivity contribution < 1.29 is 27.8 Å². The first kappa shape index (κ1) is 15.6. The van der Waals surface area contributed by atoms with Crippen LogP contribution < -0.4 is 0 Å². The summed E-state index contributed by atoms with van der Waals surface area (Å²) in [6.07, 6.45) is -1.03. The molecule has 1 aliphatic rings. The molecule has 1 heterocycles. The van der Waals surface area contributed by atoms with Gasteiger partial charge in [-0.15, -0.1) is 0 Å². The molecule has 21 heavy (non-hydrogen) atoms. The van der Waals surface area contributed by atoms with Crippen LogP contribution in [0.3, 0.4) is 0 Å². The Labute approximate surface area is 120 Å². The van der Waals surface area contributed by atoms with Crippen molar-refractivity contribution in [2.24, 2.45) is 0 Å². The first-order valence-electron chi connectivity index (χ1n) is 6.51. The Hall–Kier alpha value is -1.82. The number of benzene rings is 1. The lowest BCUT2D eigenvalue weighted by Gasteiger charge is -2.35. The molecule has 114 valence electrons. The summed E-state index contributed by atoms with van der Waals surface area (Å²) in [4.78, 5) is 10.7. The van der Waals surface area contributed by atoms with Gasteiger partial charge in [0.25, 0.3) is 0 Å². The van der Waals surface area contributed by atoms with Crippen LogP contribution in [0.15, 0.2) is 36.4 Å². The number of rotatable bonds is 3. The Morgan fingerprint density at radius 3 is 2.52 bits per heavy atom. The predicted octanol–water partition coefficient (Wildman–Crippen LogP) is 3.39. The molecule has 0 saturated carbocycles. The van der Waals surface area contributed by atoms with Gasteiger partial charge in [0, 0.05) is 24.7 Å². The number of carboxylic acids is 1. The molecule has 0 radical (unpaired) electrons. The molecule has 0 spiro atoms. The molecule has 1 N–H and O–H groups in total. The van der Waals surface area contributed by atoms with E-state index in [-0.39, 0.29) is 0 Å². The maximum absolute atomic E-state index is 12.8. The molecule has 0 aromatic heterocycles. The van der Waals surface area contributed by atoms with Gasteiger partial charge in [-0.05, 0) is 24.5 Å². The minimum Gasteiger partial charge on any atom is -0.478 e. The molecule has 1 fully saturated rings. The van der Waals surface area contributed by atoms with Crippen LogP contribution in [0.5, 0.6) is 0 Å². The molecule has 0 bridgehead atoms. The lowest BCUT2D eigenvalue weighted by molar-refractivity contribution is -0.137. The molecule has 0 atom stereocenters. The molecule has 1 aromatic rings. The zero-order valence-electron chi connectivity index (χ0n) is 11.2. The van der Waals surface area contributed by atoms with Gasteiger partial charge in [-0.3, -0.25) is 0 Å². The molecule has 0 amide bonds. The van der Waals surface area contributed by atoms with E-state index in [9.17, 15) is 18.0 Å². The maximum atomic E-state index is 12.8. The Morgan fingerprint density at radius 2 is 1.95 bits per heavy atom. The van der Waals surface area contributed by atoms with Crippen molar-refractivity contribution in [3.63, 3.8) is 0 Å². The Balaban J connectivity index is 2.44. The van der Waals surface area contributed by atoms with Crippen molar-refractivity contribution in [1.29, 1.82) is 0 Å². The molecule has 0 aliphatic carbocycles. The summed E-state index contributed by atoms with van der Waals surface area (Å²) in [5.74, 6) is -1.12. The fraction of sp³-hybridized carbons (Fsp3) is 0.400. The van der Waals surface area contributed by atoms with Gasteiger partial charge in [0.15, 0.2) is 0 Å². The van der Waals surface area contributed by atoms with E-state index in [1.165, 1.54) is 12.1 Å². The Morgan fingerprint density at radius 1 is 1.29 bits per heavy atom. The highest BCUT2D eigenvalue weighted by Crippen LogP contribution is 2.39. The van der Waals surface area contributed by atoms with Crippen molar-refractivity contribution in [1.82, 2.24) is 0 Å². The fourth-order valence-corrected chi connectivity index (χ4v) is 2.52. The second kappa shape index (κ2) is 5.89. The summed E-state index contributed by atoms with van der Waals surface area (Å²) in [7, 11) is 0. The second-order valence-electron chi connectivity index (χ2n) is 5.02. The lowest BCUT2D eigenvalue weighted by atomic mass is 9.73. The molecule has 1 aromatic carbocycles. The molecule has 1 aliphatic heterocycles. The van der Waals surface area contributed by atoms with Crippen molar-refractivity contribution in [2.75, 3.05) is 13.2 Å². The number of carbonyl (C=O) groups is 1. The highest BCUT2D eigenvalue weighted by atomic mass is 19.4. The van der Waals surface area contributed by atoms with Gasteiger partial charge in [-0.25, -0.2) is 4.79 Å². The second-order valence-corrected chi connectivity index (χ2v) is 5.02. The summed E-state index contributed by atoms with van der Waals surface area (Å²) >= 11 is 0. The van der Waals surface area contributed by atoms with E-state index in [1.807, 2.05) is 0 Å². The normalized spacial score (nSPS) is 18.8. The summed E-state index contributed by atoms with van der Waals surface area (Å²) < 4.78 is 43.8. The monoisotopic (exact) mass is 300 g/mol. The number of hydrogen-bond donors (Lipinski definition) is 1. The van der Waals surface area contributed by atoms with Crippen molar-refractivity contribution >= 4 is 5.97 Å². The fourth-order valence-electron chi connectivity index (χ4n) is 2.52. The summed E-state index contributed by atoms with van der Waals surface area (Å²) in [5.41, 5.74) is -0.981. The van der Waals surface area contributed by atoms with Crippen LogP contribution in [0, 0.1) is 0 Å². The van der Waals surface area contributed by atoms with Crippen LogP contribution in [-0.4, -0.2) is 24.3 Å². The largest absolute Gasteiger partial charge is 0.478 e. The van der Waals surface area contributed by atoms with E-state index in [0.717, 1.165) is 18.2 Å². The van der Waals surface area contributed by atoms with Gasteiger partial charge < -0.3 is 9.84 Å². The van der Waals surface area contributed by atoms with Crippen LogP contribution in [0.1, 0.15) is 24.0 Å². The van der Waals surface area contributed by atoms with Gasteiger partial charge in [-0.2, -0.15) is 13.2 Å². The highest BCUT2D eigenvalue weighted by molar-refractivity contribution is 5.80. The van der Waals surface area contributed by atoms with E-state index in [2.05, 4.69) is 0 Å². The zero-order valence-corrected chi connectivity index (χ0v) is 11.2. The standard InChI is InChI=1S/C15H15F3O3/c16-15(17,18)12-3-1-2-11(10-12)14(5-4-13(19)20)6-8-21-9-7-14/h1-5,10H,6-9H2,(H,19,20). The van der Waals surface area contributed by atoms with Crippen LogP contribution >= 0.6 is 0 Å². The van der Waals surface area contributed by atoms with E-state index in [0.29, 0.717) is 31.6 Å². The van der Waals surface area contributed by atoms with Gasteiger partial charge in [0.2, 0.25) is 0 Å². The average Bonchev–Trinajstić information content (AvgIpc) is 2.45. The summed E-state index contributed by atoms with van der Waals surface area (Å²) in [6.45, 7) is 0.778. The van der Waals surface area contributed by atoms with Crippen molar-refractivity contribution in [3.05, 3.63) is 47.5 Å². The van der Waals surface area contributed by atoms with E-state index >= 15 is 0 Å². The third-order valence-electron chi connectivity index (χ3n) is 3.69. The lowest BCUT2D eigenvalue weighted by Crippen LogP contribution is -2.32. The zero-order chi connectivity index (χ0) is 15.5. The minimum atomic E-state index is -4.42. The number of alkyl halides is 3. The topological polar surface area (TPSA) is 46.5 Å². The smallest absolute Gasteiger partial charge is 0.416 e. The molecule has 1 saturated heterocycles. The molecular formula is C15H15F3O3. The van der Waals surface area contributed by atoms with Crippen LogP contribution in [0.2, 0.25) is 0 Å². The molecular weight excluding hydrogens is 285 g/mol. The first-order valence-corrected chi connectivity index (χ1v) is 6.51. The number of hydrogen-bond acceptors (Lipinski definition) is 2. The minimum absolute atomic E-state index is 0.389. The van der Waals surface area contributed by atoms with Crippen molar-refractivity contribution in [3.8, 4) is 0 Å². The molecule has 2 rings (SSSR count). The Bertz CT molecular complexity index is 543. The molecule has 6 heteroatoms. The van der Waals surface area contributed by atoms with Crippen LogP contribution in [0.25, 0.3) is 0 Å². The SMILES string of the molecule is O=C(O)C=CC1(c2cccc(C(F)(F)F)c2)CCOCC1. The predicted molar refractivity (Wildman–Crippen MR) is 70.0 cm³/mol. The average molecular weight is 300 g/mol. The number of allylic oxidation sites excluding steroid dienone is 1. The summed E-state index contributed by atoms with van der Waals surface area (Å²) in [6, 6.07) is 5.06. The first-order chi connectivity index (χ1) is 9.83. The maximum Gasteiger partial charge on any atom is 0.416 e. The van der Waals surface area contributed by atoms with Gasteiger partial charge in [-0.1, -0.05) is 24.3 Å². The number of carboxylic acid groups (broad SMARTS) is 1. The third-order valence-corrected chi connectivity index (χ3v) is 3.69. The van der Waals surface area contributed by atoms with E-state index in [1.54, 1.807) is 6.07 Å². The molecule has 0 unspecified atom stereocenters. The highest BCUT2D eigenvalue weighted by Gasteiger charge is 2.35. The van der Waals surface area contributed by atoms with Gasteiger partial charge >= 0.3 is 12.1 Å². The van der Waals surface area contributed by atoms with E-state index < -0.39 is 23.1 Å². The van der Waals surface area contributed by atoms with Gasteiger partial charge in [0.1, 0.15) is 0 Å². The molecule has 3 nitrogen and oxygen atoms in total. The Kier molecular flexibility index (Phi) is 4.37. The van der Waals surface area contributed by atoms with E-state index in [4.69, 9.17) is 9.84 Å². The number of ether oxygens (including phenoxy) is 1. The summed E-state index contributed by atoms with van der Waals surface area (Å²) in [5, 5.41) is 8.79. The van der Waals surface area contributed by atoms with Crippen LogP contribution in [0.4, 0.5) is 13.2 Å². The quantitative estimate of drug-likeness (QED) is 0.870. The third kappa shape index (κ3) is 3.64. The number of aliphatic carboxylic acids is 1. The van der Waals surface area contributed by atoms with Gasteiger partial charge in [0.05, 0.1) is 5.56 Å². The van der Waals surface area contributed by atoms with Crippen molar-refractivity contribution in [2.45, 2.75) is 24.4 Å². The number of halogens is 3.